The number of hydrogen-bond acceptors (Lipinski definition) is 6. The number of ether oxygens (including phenoxy) is 1. The third kappa shape index (κ3) is 2.90. The van der Waals surface area contributed by atoms with Gasteiger partial charge in [-0.05, 0) is 42.0 Å². The van der Waals surface area contributed by atoms with Gasteiger partial charge in [-0.1, -0.05) is 17.8 Å². The van der Waals surface area contributed by atoms with E-state index >= 15 is 0 Å². The Balaban J connectivity index is 2.41. The molecule has 0 saturated carbocycles. The van der Waals surface area contributed by atoms with Crippen LogP contribution >= 0.6 is 11.8 Å². The minimum atomic E-state index is -0.421. The van der Waals surface area contributed by atoms with Gasteiger partial charge in [-0.3, -0.25) is 4.79 Å². The Morgan fingerprint density at radius 3 is 2.90 bits per heavy atom. The van der Waals surface area contributed by atoms with Gasteiger partial charge in [0.2, 0.25) is 11.1 Å². The van der Waals surface area contributed by atoms with Crippen molar-refractivity contribution in [3.8, 4) is 11.4 Å². The number of tetrazole rings is 1. The molecule has 0 aliphatic rings. The van der Waals surface area contributed by atoms with Crippen molar-refractivity contribution < 1.29 is 9.53 Å². The predicted molar refractivity (Wildman–Crippen MR) is 75.0 cm³/mol. The summed E-state index contributed by atoms with van der Waals surface area (Å²) in [5.74, 6) is 0.234. The molecule has 1 aromatic carbocycles. The zero-order chi connectivity index (χ0) is 14.7. The number of hydrogen-bond donors (Lipinski definition) is 1. The number of aromatic nitrogens is 4. The maximum Gasteiger partial charge on any atom is 0.230 e. The highest BCUT2D eigenvalue weighted by molar-refractivity contribution is 8.00. The lowest BCUT2D eigenvalue weighted by atomic mass is 10.2. The van der Waals surface area contributed by atoms with E-state index in [0.717, 1.165) is 11.3 Å². The molecule has 0 saturated heterocycles. The fraction of sp³-hybridized carbons (Fsp3) is 0.333. The monoisotopic (exact) mass is 293 g/mol. The van der Waals surface area contributed by atoms with Crippen molar-refractivity contribution in [2.45, 2.75) is 24.3 Å². The lowest BCUT2D eigenvalue weighted by molar-refractivity contribution is -0.117. The normalized spacial score (nSPS) is 12.2. The molecule has 2 aromatic rings. The summed E-state index contributed by atoms with van der Waals surface area (Å²) in [6.07, 6.45) is 0. The van der Waals surface area contributed by atoms with Crippen LogP contribution in [0.1, 0.15) is 12.5 Å². The number of thioether (sulfide) groups is 1. The van der Waals surface area contributed by atoms with Crippen molar-refractivity contribution in [1.82, 2.24) is 20.2 Å². The highest BCUT2D eigenvalue weighted by Gasteiger charge is 2.18. The summed E-state index contributed by atoms with van der Waals surface area (Å²) in [5.41, 5.74) is 7.03. The van der Waals surface area contributed by atoms with Crippen molar-refractivity contribution in [1.29, 1.82) is 0 Å². The van der Waals surface area contributed by atoms with E-state index in [1.165, 1.54) is 16.4 Å². The number of benzene rings is 1. The van der Waals surface area contributed by atoms with Gasteiger partial charge in [-0.2, -0.15) is 4.68 Å². The quantitative estimate of drug-likeness (QED) is 0.824. The van der Waals surface area contributed by atoms with Crippen LogP contribution in [-0.2, 0) is 4.79 Å². The van der Waals surface area contributed by atoms with Crippen molar-refractivity contribution in [3.05, 3.63) is 23.8 Å². The first-order valence-electron chi connectivity index (χ1n) is 5.92. The third-order valence-corrected chi connectivity index (χ3v) is 3.74. The van der Waals surface area contributed by atoms with Crippen LogP contribution in [0, 0.1) is 6.92 Å². The summed E-state index contributed by atoms with van der Waals surface area (Å²) in [6.45, 7) is 3.67. The number of amides is 1. The summed E-state index contributed by atoms with van der Waals surface area (Å²) in [4.78, 5) is 11.1. The summed E-state index contributed by atoms with van der Waals surface area (Å²) in [7, 11) is 1.58. The van der Waals surface area contributed by atoms with Crippen molar-refractivity contribution in [3.63, 3.8) is 0 Å². The Morgan fingerprint density at radius 2 is 2.25 bits per heavy atom. The van der Waals surface area contributed by atoms with E-state index in [1.807, 2.05) is 25.1 Å². The zero-order valence-corrected chi connectivity index (χ0v) is 12.2. The molecule has 7 nitrogen and oxygen atoms in total. The largest absolute Gasteiger partial charge is 0.494 e. The first-order chi connectivity index (χ1) is 9.52. The molecular weight excluding hydrogens is 278 g/mol. The van der Waals surface area contributed by atoms with E-state index < -0.39 is 11.2 Å². The third-order valence-electron chi connectivity index (χ3n) is 2.69. The van der Waals surface area contributed by atoms with Gasteiger partial charge < -0.3 is 10.5 Å². The molecule has 2 rings (SSSR count). The molecule has 106 valence electrons. The van der Waals surface area contributed by atoms with Gasteiger partial charge in [-0.15, -0.1) is 5.10 Å². The SMILES string of the molecule is COc1ccc(C)cc1-n1nnnc1S[C@H](C)C(N)=O. The second-order valence-electron chi connectivity index (χ2n) is 4.21. The molecule has 0 radical (unpaired) electrons. The molecular formula is C12H15N5O2S. The molecule has 1 aromatic heterocycles. The number of carbonyl (C=O) groups excluding carboxylic acids is 1. The van der Waals surface area contributed by atoms with E-state index in [2.05, 4.69) is 15.5 Å². The van der Waals surface area contributed by atoms with Gasteiger partial charge in [-0.25, -0.2) is 0 Å². The van der Waals surface area contributed by atoms with E-state index in [1.54, 1.807) is 14.0 Å². The standard InChI is InChI=1S/C12H15N5O2S/c1-7-4-5-10(19-3)9(6-7)17-12(14-15-16-17)20-8(2)11(13)18/h4-6,8H,1-3H3,(H2,13,18)/t8-/m1/s1. The fourth-order valence-corrected chi connectivity index (χ4v) is 2.34. The van der Waals surface area contributed by atoms with E-state index in [9.17, 15) is 4.79 Å². The Bertz CT molecular complexity index is 628. The van der Waals surface area contributed by atoms with Gasteiger partial charge in [0.1, 0.15) is 11.4 Å². The minimum Gasteiger partial charge on any atom is -0.494 e. The van der Waals surface area contributed by atoms with Crippen LogP contribution < -0.4 is 10.5 Å². The molecule has 1 heterocycles. The Hall–Kier alpha value is -2.09. The van der Waals surface area contributed by atoms with Gasteiger partial charge in [0.15, 0.2) is 0 Å². The first kappa shape index (κ1) is 14.3. The zero-order valence-electron chi connectivity index (χ0n) is 11.4. The van der Waals surface area contributed by atoms with Crippen LogP contribution in [0.2, 0.25) is 0 Å². The van der Waals surface area contributed by atoms with Crippen LogP contribution in [0.4, 0.5) is 0 Å². The summed E-state index contributed by atoms with van der Waals surface area (Å²) < 4.78 is 6.85. The highest BCUT2D eigenvalue weighted by atomic mass is 32.2. The smallest absolute Gasteiger partial charge is 0.230 e. The minimum absolute atomic E-state index is 0.416. The van der Waals surface area contributed by atoms with Gasteiger partial charge in [0, 0.05) is 0 Å². The second-order valence-corrected chi connectivity index (χ2v) is 5.52. The fourth-order valence-electron chi connectivity index (χ4n) is 1.59. The van der Waals surface area contributed by atoms with E-state index in [0.29, 0.717) is 10.9 Å². The van der Waals surface area contributed by atoms with Crippen molar-refractivity contribution >= 4 is 17.7 Å². The summed E-state index contributed by atoms with van der Waals surface area (Å²) in [5, 5.41) is 11.6. The topological polar surface area (TPSA) is 95.9 Å². The van der Waals surface area contributed by atoms with E-state index in [-0.39, 0.29) is 0 Å². The Labute approximate surface area is 120 Å². The van der Waals surface area contributed by atoms with Gasteiger partial charge in [0.05, 0.1) is 12.4 Å². The van der Waals surface area contributed by atoms with Crippen LogP contribution in [0.25, 0.3) is 5.69 Å². The molecule has 0 aliphatic heterocycles. The van der Waals surface area contributed by atoms with Gasteiger partial charge >= 0.3 is 0 Å². The molecule has 2 N–H and O–H groups in total. The molecule has 0 aliphatic carbocycles. The number of rotatable bonds is 5. The molecule has 0 unspecified atom stereocenters. The van der Waals surface area contributed by atoms with Gasteiger partial charge in [0.25, 0.3) is 0 Å². The molecule has 0 bridgehead atoms. The van der Waals surface area contributed by atoms with Crippen LogP contribution in [-0.4, -0.2) is 38.5 Å². The number of primary amides is 1. The van der Waals surface area contributed by atoms with Crippen LogP contribution in [0.3, 0.4) is 0 Å². The number of methoxy groups -OCH3 is 1. The average Bonchev–Trinajstić information content (AvgIpc) is 2.86. The maximum absolute atomic E-state index is 11.1. The average molecular weight is 293 g/mol. The first-order valence-corrected chi connectivity index (χ1v) is 6.80. The number of nitrogens with two attached hydrogens (primary N) is 1. The maximum atomic E-state index is 11.1. The van der Waals surface area contributed by atoms with Crippen LogP contribution in [0.15, 0.2) is 23.4 Å². The molecule has 0 spiro atoms. The molecule has 1 amide bonds. The molecule has 0 fully saturated rings. The van der Waals surface area contributed by atoms with E-state index in [4.69, 9.17) is 10.5 Å². The lowest BCUT2D eigenvalue weighted by Crippen LogP contribution is -2.23. The van der Waals surface area contributed by atoms with Crippen LogP contribution in [0.5, 0.6) is 5.75 Å². The lowest BCUT2D eigenvalue weighted by Gasteiger charge is -2.11. The highest BCUT2D eigenvalue weighted by Crippen LogP contribution is 2.28. The summed E-state index contributed by atoms with van der Waals surface area (Å²) in [6, 6.07) is 5.69. The molecule has 8 heteroatoms. The number of carbonyl (C=O) groups is 1. The Kier molecular flexibility index (Phi) is 4.23. The molecule has 1 atom stereocenters. The van der Waals surface area contributed by atoms with Crippen molar-refractivity contribution in [2.75, 3.05) is 7.11 Å². The Morgan fingerprint density at radius 1 is 1.50 bits per heavy atom. The second kappa shape index (κ2) is 5.91. The molecule has 20 heavy (non-hydrogen) atoms. The number of nitrogens with zero attached hydrogens (tertiary/aromatic N) is 4. The van der Waals surface area contributed by atoms with Crippen molar-refractivity contribution in [2.24, 2.45) is 5.73 Å². The summed E-state index contributed by atoms with van der Waals surface area (Å²) >= 11 is 1.20. The number of aryl methyl sites for hydroxylation is 1. The predicted octanol–water partition coefficient (Wildman–Crippen LogP) is 0.945.